The Bertz CT molecular complexity index is 620. The fourth-order valence-corrected chi connectivity index (χ4v) is 3.12. The molecule has 0 saturated heterocycles. The first-order chi connectivity index (χ1) is 10.2. The first-order valence-electron chi connectivity index (χ1n) is 7.28. The summed E-state index contributed by atoms with van der Waals surface area (Å²) in [7, 11) is 0. The number of hydrogen-bond acceptors (Lipinski definition) is 3. The first kappa shape index (κ1) is 14.1. The molecule has 4 nitrogen and oxygen atoms in total. The van der Waals surface area contributed by atoms with Crippen molar-refractivity contribution in [3.8, 4) is 11.3 Å². The highest BCUT2D eigenvalue weighted by Gasteiger charge is 2.22. The Morgan fingerprint density at radius 1 is 1.33 bits per heavy atom. The van der Waals surface area contributed by atoms with Crippen LogP contribution < -0.4 is 10.6 Å². The van der Waals surface area contributed by atoms with Crippen LogP contribution in [-0.2, 0) is 6.42 Å². The maximum absolute atomic E-state index is 11.5. The molecule has 2 N–H and O–H groups in total. The molecule has 2 aromatic rings. The number of amides is 2. The van der Waals surface area contributed by atoms with Crippen molar-refractivity contribution >= 4 is 17.4 Å². The summed E-state index contributed by atoms with van der Waals surface area (Å²) in [5.41, 5.74) is 2.20. The molecule has 0 spiro atoms. The number of thiazole rings is 1. The van der Waals surface area contributed by atoms with Crippen molar-refractivity contribution in [2.45, 2.75) is 32.2 Å². The lowest BCUT2D eigenvalue weighted by atomic mass is 10.1. The van der Waals surface area contributed by atoms with Gasteiger partial charge in [0.05, 0.1) is 10.7 Å². The molecule has 0 radical (unpaired) electrons. The highest BCUT2D eigenvalue weighted by molar-refractivity contribution is 7.12. The van der Waals surface area contributed by atoms with Crippen molar-refractivity contribution < 1.29 is 4.79 Å². The maximum atomic E-state index is 11.5. The van der Waals surface area contributed by atoms with Crippen LogP contribution in [0.4, 0.5) is 4.79 Å². The van der Waals surface area contributed by atoms with Gasteiger partial charge >= 0.3 is 6.03 Å². The molecule has 1 heterocycles. The van der Waals surface area contributed by atoms with Gasteiger partial charge in [-0.2, -0.15) is 0 Å². The number of aryl methyl sites for hydroxylation is 1. The van der Waals surface area contributed by atoms with E-state index in [0.29, 0.717) is 12.6 Å². The third kappa shape index (κ3) is 3.82. The molecule has 0 aliphatic heterocycles. The molecule has 1 aromatic heterocycles. The molecule has 2 amide bonds. The second-order valence-electron chi connectivity index (χ2n) is 5.30. The summed E-state index contributed by atoms with van der Waals surface area (Å²) in [6, 6.07) is 10.6. The van der Waals surface area contributed by atoms with Gasteiger partial charge in [0, 0.05) is 29.4 Å². The van der Waals surface area contributed by atoms with Gasteiger partial charge in [-0.15, -0.1) is 11.3 Å². The van der Waals surface area contributed by atoms with E-state index >= 15 is 0 Å². The summed E-state index contributed by atoms with van der Waals surface area (Å²) in [4.78, 5) is 17.5. The van der Waals surface area contributed by atoms with Crippen molar-refractivity contribution in [3.63, 3.8) is 0 Å². The normalized spacial score (nSPS) is 14.0. The molecule has 21 heavy (non-hydrogen) atoms. The number of urea groups is 1. The summed E-state index contributed by atoms with van der Waals surface area (Å²) in [5.74, 6) is 0. The van der Waals surface area contributed by atoms with E-state index in [1.54, 1.807) is 11.3 Å². The van der Waals surface area contributed by atoms with E-state index in [9.17, 15) is 4.79 Å². The van der Waals surface area contributed by atoms with Gasteiger partial charge in [-0.3, -0.25) is 0 Å². The van der Waals surface area contributed by atoms with Crippen molar-refractivity contribution in [2.75, 3.05) is 6.54 Å². The van der Waals surface area contributed by atoms with Crippen molar-refractivity contribution in [1.82, 2.24) is 15.6 Å². The van der Waals surface area contributed by atoms with E-state index in [2.05, 4.69) is 29.7 Å². The Balaban J connectivity index is 1.55. The SMILES string of the molecule is Cc1sc(CCNC(=O)NC2CC2)nc1-c1ccccc1. The molecular weight excluding hydrogens is 282 g/mol. The average Bonchev–Trinajstić information content (AvgIpc) is 3.21. The molecule has 3 rings (SSSR count). The lowest BCUT2D eigenvalue weighted by molar-refractivity contribution is 0.240. The summed E-state index contributed by atoms with van der Waals surface area (Å²) in [6.45, 7) is 2.72. The second kappa shape index (κ2) is 6.26. The molecule has 0 atom stereocenters. The van der Waals surface area contributed by atoms with Crippen LogP contribution in [0.3, 0.4) is 0 Å². The van der Waals surface area contributed by atoms with E-state index in [0.717, 1.165) is 35.5 Å². The quantitative estimate of drug-likeness (QED) is 0.891. The van der Waals surface area contributed by atoms with E-state index in [1.165, 1.54) is 4.88 Å². The number of rotatable bonds is 5. The Labute approximate surface area is 128 Å². The Kier molecular flexibility index (Phi) is 4.20. The maximum Gasteiger partial charge on any atom is 0.315 e. The molecule has 1 aliphatic carbocycles. The minimum atomic E-state index is -0.0611. The van der Waals surface area contributed by atoms with Crippen LogP contribution in [0.5, 0.6) is 0 Å². The highest BCUT2D eigenvalue weighted by atomic mass is 32.1. The number of nitrogens with zero attached hydrogens (tertiary/aromatic N) is 1. The highest BCUT2D eigenvalue weighted by Crippen LogP contribution is 2.27. The van der Waals surface area contributed by atoms with E-state index in [4.69, 9.17) is 4.98 Å². The molecular formula is C16H19N3OS. The Morgan fingerprint density at radius 2 is 2.10 bits per heavy atom. The topological polar surface area (TPSA) is 54.0 Å². The van der Waals surface area contributed by atoms with Crippen LogP contribution in [0.2, 0.25) is 0 Å². The van der Waals surface area contributed by atoms with E-state index < -0.39 is 0 Å². The molecule has 1 fully saturated rings. The zero-order valence-corrected chi connectivity index (χ0v) is 12.9. The van der Waals surface area contributed by atoms with Gasteiger partial charge in [0.25, 0.3) is 0 Å². The zero-order valence-electron chi connectivity index (χ0n) is 12.1. The van der Waals surface area contributed by atoms with Gasteiger partial charge in [-0.1, -0.05) is 30.3 Å². The number of aromatic nitrogens is 1. The van der Waals surface area contributed by atoms with Gasteiger partial charge in [-0.05, 0) is 19.8 Å². The number of hydrogen-bond donors (Lipinski definition) is 2. The lowest BCUT2D eigenvalue weighted by Crippen LogP contribution is -2.37. The van der Waals surface area contributed by atoms with Gasteiger partial charge in [0.2, 0.25) is 0 Å². The molecule has 1 aliphatic rings. The molecule has 110 valence electrons. The zero-order chi connectivity index (χ0) is 14.7. The van der Waals surface area contributed by atoms with E-state index in [-0.39, 0.29) is 6.03 Å². The van der Waals surface area contributed by atoms with Crippen LogP contribution >= 0.6 is 11.3 Å². The summed E-state index contributed by atoms with van der Waals surface area (Å²) < 4.78 is 0. The van der Waals surface area contributed by atoms with Crippen LogP contribution in [0, 0.1) is 6.92 Å². The van der Waals surface area contributed by atoms with E-state index in [1.807, 2.05) is 18.2 Å². The predicted octanol–water partition coefficient (Wildman–Crippen LogP) is 3.12. The predicted molar refractivity (Wildman–Crippen MR) is 85.5 cm³/mol. The smallest absolute Gasteiger partial charge is 0.315 e. The summed E-state index contributed by atoms with van der Waals surface area (Å²) in [5, 5.41) is 6.87. The van der Waals surface area contributed by atoms with Gasteiger partial charge in [-0.25, -0.2) is 9.78 Å². The third-order valence-corrected chi connectivity index (χ3v) is 4.46. The molecule has 1 saturated carbocycles. The molecule has 0 unspecified atom stereocenters. The molecule has 5 heteroatoms. The number of carbonyl (C=O) groups is 1. The Hall–Kier alpha value is -1.88. The minimum absolute atomic E-state index is 0.0611. The molecule has 1 aromatic carbocycles. The van der Waals surface area contributed by atoms with Gasteiger partial charge in [0.1, 0.15) is 0 Å². The van der Waals surface area contributed by atoms with Crippen LogP contribution in [0.25, 0.3) is 11.3 Å². The van der Waals surface area contributed by atoms with Gasteiger partial charge in [0.15, 0.2) is 0 Å². The van der Waals surface area contributed by atoms with Gasteiger partial charge < -0.3 is 10.6 Å². The fraction of sp³-hybridized carbons (Fsp3) is 0.375. The van der Waals surface area contributed by atoms with Crippen LogP contribution in [0.1, 0.15) is 22.7 Å². The minimum Gasteiger partial charge on any atom is -0.338 e. The van der Waals surface area contributed by atoms with Crippen molar-refractivity contribution in [1.29, 1.82) is 0 Å². The summed E-state index contributed by atoms with van der Waals surface area (Å²) >= 11 is 1.70. The van der Waals surface area contributed by atoms with Crippen LogP contribution in [-0.4, -0.2) is 23.6 Å². The standard InChI is InChI=1S/C16H19N3OS/c1-11-15(12-5-3-2-4-6-12)19-14(21-11)9-10-17-16(20)18-13-7-8-13/h2-6,13H,7-10H2,1H3,(H2,17,18,20). The Morgan fingerprint density at radius 3 is 2.81 bits per heavy atom. The first-order valence-corrected chi connectivity index (χ1v) is 8.10. The van der Waals surface area contributed by atoms with Crippen LogP contribution in [0.15, 0.2) is 30.3 Å². The second-order valence-corrected chi connectivity index (χ2v) is 6.59. The summed E-state index contributed by atoms with van der Waals surface area (Å²) in [6.07, 6.45) is 3.00. The largest absolute Gasteiger partial charge is 0.338 e. The number of benzene rings is 1. The average molecular weight is 301 g/mol. The third-order valence-electron chi connectivity index (χ3n) is 3.43. The fourth-order valence-electron chi connectivity index (χ4n) is 2.17. The monoisotopic (exact) mass is 301 g/mol. The lowest BCUT2D eigenvalue weighted by Gasteiger charge is -2.04. The molecule has 0 bridgehead atoms. The number of nitrogens with one attached hydrogen (secondary N) is 2. The van der Waals surface area contributed by atoms with Crippen molar-refractivity contribution in [3.05, 3.63) is 40.2 Å². The van der Waals surface area contributed by atoms with Crippen molar-refractivity contribution in [2.24, 2.45) is 0 Å². The number of carbonyl (C=O) groups excluding carboxylic acids is 1.